The van der Waals surface area contributed by atoms with Crippen LogP contribution in [-0.4, -0.2) is 40.3 Å². The van der Waals surface area contributed by atoms with Crippen molar-refractivity contribution in [2.45, 2.75) is 56.0 Å². The highest BCUT2D eigenvalue weighted by atomic mass is 16.6. The molecule has 0 spiro atoms. The van der Waals surface area contributed by atoms with E-state index in [4.69, 9.17) is 4.74 Å². The van der Waals surface area contributed by atoms with Gasteiger partial charge in [-0.25, -0.2) is 9.59 Å². The summed E-state index contributed by atoms with van der Waals surface area (Å²) in [6.45, 7) is 0.228. The van der Waals surface area contributed by atoms with E-state index in [9.17, 15) is 14.7 Å². The normalized spacial score (nSPS) is 25.2. The molecular formula is C24H25NO4. The number of carbonyl (C=O) groups excluding carboxylic acids is 1. The Labute approximate surface area is 170 Å². The Hall–Kier alpha value is -2.82. The molecule has 2 aliphatic heterocycles. The van der Waals surface area contributed by atoms with E-state index in [-0.39, 0.29) is 18.6 Å². The van der Waals surface area contributed by atoms with Gasteiger partial charge in [0.05, 0.1) is 0 Å². The number of rotatable bonds is 3. The van der Waals surface area contributed by atoms with Gasteiger partial charge in [-0.3, -0.25) is 4.90 Å². The van der Waals surface area contributed by atoms with Crippen molar-refractivity contribution < 1.29 is 19.4 Å². The molecule has 5 heteroatoms. The number of carboxylic acid groups (broad SMARTS) is 1. The van der Waals surface area contributed by atoms with E-state index in [1.807, 2.05) is 24.3 Å². The second-order valence-corrected chi connectivity index (χ2v) is 8.45. The minimum atomic E-state index is -1.09. The maximum absolute atomic E-state index is 13.1. The highest BCUT2D eigenvalue weighted by Gasteiger charge is 2.54. The van der Waals surface area contributed by atoms with Crippen molar-refractivity contribution in [3.63, 3.8) is 0 Å². The zero-order chi connectivity index (χ0) is 20.0. The second kappa shape index (κ2) is 6.90. The quantitative estimate of drug-likeness (QED) is 0.816. The van der Waals surface area contributed by atoms with Crippen LogP contribution >= 0.6 is 0 Å². The lowest BCUT2D eigenvalue weighted by atomic mass is 9.74. The SMILES string of the molecule is O=C(OCC1c2ccccc2-c2ccccc21)N1C2CCCC1(C(=O)O)CCC2. The standard InChI is InChI=1S/C24H25NO4/c26-22(27)24-13-5-7-16(8-6-14-24)25(24)23(28)29-15-21-19-11-3-1-9-17(19)18-10-2-4-12-20(18)21/h1-4,9-12,16,21H,5-8,13-15H2,(H,26,27). The zero-order valence-corrected chi connectivity index (χ0v) is 16.3. The molecule has 5 nitrogen and oxygen atoms in total. The van der Waals surface area contributed by atoms with Gasteiger partial charge in [-0.2, -0.15) is 0 Å². The minimum Gasteiger partial charge on any atom is -0.479 e. The van der Waals surface area contributed by atoms with Gasteiger partial charge in [0.15, 0.2) is 0 Å². The predicted molar refractivity (Wildman–Crippen MR) is 109 cm³/mol. The molecule has 0 unspecified atom stereocenters. The number of hydrogen-bond donors (Lipinski definition) is 1. The van der Waals surface area contributed by atoms with Crippen molar-refractivity contribution in [3.05, 3.63) is 59.7 Å². The Morgan fingerprint density at radius 1 is 0.966 bits per heavy atom. The number of piperidine rings is 2. The van der Waals surface area contributed by atoms with Gasteiger partial charge < -0.3 is 9.84 Å². The summed E-state index contributed by atoms with van der Waals surface area (Å²) in [6.07, 6.45) is 3.98. The molecule has 1 N–H and O–H groups in total. The van der Waals surface area contributed by atoms with Crippen LogP contribution < -0.4 is 0 Å². The van der Waals surface area contributed by atoms with Crippen LogP contribution in [0.2, 0.25) is 0 Å². The summed E-state index contributed by atoms with van der Waals surface area (Å²) in [6, 6.07) is 16.4. The third kappa shape index (κ3) is 2.75. The lowest BCUT2D eigenvalue weighted by Crippen LogP contribution is -2.65. The Bertz CT molecular complexity index is 913. The first-order valence-electron chi connectivity index (χ1n) is 10.5. The third-order valence-corrected chi connectivity index (χ3v) is 7.01. The fraction of sp³-hybridized carbons (Fsp3) is 0.417. The molecule has 2 aromatic carbocycles. The zero-order valence-electron chi connectivity index (χ0n) is 16.3. The van der Waals surface area contributed by atoms with Gasteiger partial charge in [-0.15, -0.1) is 0 Å². The molecule has 2 bridgehead atoms. The van der Waals surface area contributed by atoms with Crippen LogP contribution in [0.1, 0.15) is 55.6 Å². The first kappa shape index (κ1) is 18.2. The number of carbonyl (C=O) groups is 2. The van der Waals surface area contributed by atoms with E-state index in [1.54, 1.807) is 4.90 Å². The number of carboxylic acids is 1. The van der Waals surface area contributed by atoms with Crippen LogP contribution in [-0.2, 0) is 9.53 Å². The largest absolute Gasteiger partial charge is 0.479 e. The molecule has 3 aliphatic rings. The Morgan fingerprint density at radius 2 is 1.52 bits per heavy atom. The molecule has 0 radical (unpaired) electrons. The van der Waals surface area contributed by atoms with E-state index in [2.05, 4.69) is 24.3 Å². The topological polar surface area (TPSA) is 66.8 Å². The number of nitrogens with zero attached hydrogens (tertiary/aromatic N) is 1. The van der Waals surface area contributed by atoms with Crippen LogP contribution in [0.15, 0.2) is 48.5 Å². The molecule has 29 heavy (non-hydrogen) atoms. The van der Waals surface area contributed by atoms with E-state index < -0.39 is 17.6 Å². The van der Waals surface area contributed by atoms with Gasteiger partial charge in [-0.05, 0) is 60.8 Å². The maximum atomic E-state index is 13.1. The molecule has 0 aromatic heterocycles. The fourth-order valence-electron chi connectivity index (χ4n) is 5.68. The summed E-state index contributed by atoms with van der Waals surface area (Å²) in [7, 11) is 0. The number of ether oxygens (including phenoxy) is 1. The third-order valence-electron chi connectivity index (χ3n) is 7.01. The molecule has 1 aliphatic carbocycles. The summed E-state index contributed by atoms with van der Waals surface area (Å²) >= 11 is 0. The molecule has 2 saturated heterocycles. The van der Waals surface area contributed by atoms with Crippen LogP contribution in [0, 0.1) is 0 Å². The molecule has 0 saturated carbocycles. The van der Waals surface area contributed by atoms with Crippen LogP contribution in [0.4, 0.5) is 4.79 Å². The molecule has 5 rings (SSSR count). The van der Waals surface area contributed by atoms with Gasteiger partial charge in [0, 0.05) is 12.0 Å². The van der Waals surface area contributed by atoms with Gasteiger partial charge in [0.25, 0.3) is 0 Å². The molecule has 2 aromatic rings. The lowest BCUT2D eigenvalue weighted by Gasteiger charge is -2.51. The summed E-state index contributed by atoms with van der Waals surface area (Å²) in [5.41, 5.74) is 3.59. The molecule has 2 fully saturated rings. The van der Waals surface area contributed by atoms with E-state index in [1.165, 1.54) is 11.1 Å². The molecule has 150 valence electrons. The molecule has 1 amide bonds. The number of benzene rings is 2. The van der Waals surface area contributed by atoms with Crippen molar-refractivity contribution in [3.8, 4) is 11.1 Å². The van der Waals surface area contributed by atoms with Gasteiger partial charge >= 0.3 is 12.1 Å². The van der Waals surface area contributed by atoms with E-state index in [0.717, 1.165) is 36.8 Å². The van der Waals surface area contributed by atoms with Crippen molar-refractivity contribution in [1.29, 1.82) is 0 Å². The first-order valence-corrected chi connectivity index (χ1v) is 10.5. The Balaban J connectivity index is 1.40. The van der Waals surface area contributed by atoms with Gasteiger partial charge in [0.2, 0.25) is 0 Å². The summed E-state index contributed by atoms with van der Waals surface area (Å²) < 4.78 is 5.81. The van der Waals surface area contributed by atoms with Crippen LogP contribution in [0.3, 0.4) is 0 Å². The first-order chi connectivity index (χ1) is 14.1. The fourth-order valence-corrected chi connectivity index (χ4v) is 5.68. The monoisotopic (exact) mass is 391 g/mol. The number of amides is 1. The van der Waals surface area contributed by atoms with Crippen molar-refractivity contribution in [1.82, 2.24) is 4.90 Å². The second-order valence-electron chi connectivity index (χ2n) is 8.45. The average Bonchev–Trinajstić information content (AvgIpc) is 3.05. The minimum absolute atomic E-state index is 0.0169. The number of aliphatic carboxylic acids is 1. The van der Waals surface area contributed by atoms with Gasteiger partial charge in [-0.1, -0.05) is 48.5 Å². The molecule has 0 atom stereocenters. The van der Waals surface area contributed by atoms with Crippen molar-refractivity contribution >= 4 is 12.1 Å². The van der Waals surface area contributed by atoms with E-state index >= 15 is 0 Å². The number of hydrogen-bond acceptors (Lipinski definition) is 3. The highest BCUT2D eigenvalue weighted by molar-refractivity contribution is 5.85. The van der Waals surface area contributed by atoms with Crippen LogP contribution in [0.25, 0.3) is 11.1 Å². The smallest absolute Gasteiger partial charge is 0.411 e. The van der Waals surface area contributed by atoms with Gasteiger partial charge in [0.1, 0.15) is 12.1 Å². The molecule has 2 heterocycles. The Kier molecular flexibility index (Phi) is 4.34. The summed E-state index contributed by atoms with van der Waals surface area (Å²) in [4.78, 5) is 26.8. The number of fused-ring (bicyclic) bond motifs is 5. The summed E-state index contributed by atoms with van der Waals surface area (Å²) in [5, 5.41) is 9.95. The predicted octanol–water partition coefficient (Wildman–Crippen LogP) is 4.80. The summed E-state index contributed by atoms with van der Waals surface area (Å²) in [5.74, 6) is -0.910. The van der Waals surface area contributed by atoms with Crippen LogP contribution in [0.5, 0.6) is 0 Å². The lowest BCUT2D eigenvalue weighted by molar-refractivity contribution is -0.159. The highest BCUT2D eigenvalue weighted by Crippen LogP contribution is 2.46. The average molecular weight is 391 g/mol. The van der Waals surface area contributed by atoms with Crippen molar-refractivity contribution in [2.75, 3.05) is 6.61 Å². The van der Waals surface area contributed by atoms with E-state index in [0.29, 0.717) is 12.8 Å². The Morgan fingerprint density at radius 3 is 2.07 bits per heavy atom. The molecular weight excluding hydrogens is 366 g/mol. The maximum Gasteiger partial charge on any atom is 0.411 e. The van der Waals surface area contributed by atoms with Crippen molar-refractivity contribution in [2.24, 2.45) is 0 Å².